The quantitative estimate of drug-likeness (QED) is 0.0222. The Labute approximate surface area is 581 Å². The molecule has 0 radical (unpaired) electrons. The minimum atomic E-state index is -4.96. The van der Waals surface area contributed by atoms with E-state index in [1.807, 2.05) is 0 Å². The Hall–Kier alpha value is -1.94. The van der Waals surface area contributed by atoms with E-state index in [0.29, 0.717) is 25.7 Å². The summed E-state index contributed by atoms with van der Waals surface area (Å²) < 4.78 is 68.4. The molecule has 0 aromatic heterocycles. The maximum atomic E-state index is 13.1. The van der Waals surface area contributed by atoms with Gasteiger partial charge in [-0.05, 0) is 31.6 Å². The summed E-state index contributed by atoms with van der Waals surface area (Å²) in [6.07, 6.45) is 58.4. The van der Waals surface area contributed by atoms with Crippen LogP contribution >= 0.6 is 15.6 Å². The number of aliphatic hydroxyl groups excluding tert-OH is 1. The van der Waals surface area contributed by atoms with Crippen molar-refractivity contribution in [2.45, 2.75) is 419 Å². The van der Waals surface area contributed by atoms with Gasteiger partial charge in [0.05, 0.1) is 26.4 Å². The lowest BCUT2D eigenvalue weighted by Crippen LogP contribution is -2.30. The summed E-state index contributed by atoms with van der Waals surface area (Å²) in [5.41, 5.74) is 0. The summed E-state index contributed by atoms with van der Waals surface area (Å²) in [6.45, 7) is 7.26. The summed E-state index contributed by atoms with van der Waals surface area (Å²) in [5.74, 6) is -1.35. The summed E-state index contributed by atoms with van der Waals surface area (Å²) in [6, 6.07) is 0. The van der Waals surface area contributed by atoms with Crippen LogP contribution in [0.1, 0.15) is 401 Å². The average molecular weight is 1400 g/mol. The third kappa shape index (κ3) is 70.3. The van der Waals surface area contributed by atoms with Crippen molar-refractivity contribution in [1.82, 2.24) is 0 Å². The van der Waals surface area contributed by atoms with Crippen LogP contribution in [0.2, 0.25) is 0 Å². The number of phosphoric acid groups is 2. The summed E-state index contributed by atoms with van der Waals surface area (Å²) in [5, 5.41) is 10.6. The highest BCUT2D eigenvalue weighted by atomic mass is 31.2. The molecular weight excluding hydrogens is 1250 g/mol. The topological polar surface area (TPSA) is 237 Å². The zero-order valence-corrected chi connectivity index (χ0v) is 63.6. The molecule has 95 heavy (non-hydrogen) atoms. The predicted molar refractivity (Wildman–Crippen MR) is 386 cm³/mol. The first-order valence-corrected chi connectivity index (χ1v) is 42.6. The molecule has 0 amide bonds. The molecule has 0 saturated carbocycles. The van der Waals surface area contributed by atoms with Crippen LogP contribution in [0.15, 0.2) is 0 Å². The van der Waals surface area contributed by atoms with Gasteiger partial charge in [0.1, 0.15) is 19.3 Å². The van der Waals surface area contributed by atoms with E-state index < -0.39 is 97.5 Å². The fourth-order valence-electron chi connectivity index (χ4n) is 11.7. The van der Waals surface area contributed by atoms with Gasteiger partial charge >= 0.3 is 39.5 Å². The highest BCUT2D eigenvalue weighted by molar-refractivity contribution is 7.47. The fraction of sp³-hybridized carbons (Fsp3) is 0.947. The van der Waals surface area contributed by atoms with Crippen molar-refractivity contribution in [3.05, 3.63) is 0 Å². The van der Waals surface area contributed by atoms with Gasteiger partial charge < -0.3 is 33.8 Å². The fourth-order valence-corrected chi connectivity index (χ4v) is 13.3. The highest BCUT2D eigenvalue weighted by Crippen LogP contribution is 2.45. The Balaban J connectivity index is 5.16. The molecule has 0 aliphatic heterocycles. The summed E-state index contributed by atoms with van der Waals surface area (Å²) >= 11 is 0. The number of esters is 4. The lowest BCUT2D eigenvalue weighted by Gasteiger charge is -2.21. The summed E-state index contributed by atoms with van der Waals surface area (Å²) in [7, 11) is -9.90. The molecule has 0 aromatic rings. The third-order valence-electron chi connectivity index (χ3n) is 17.8. The van der Waals surface area contributed by atoms with Crippen molar-refractivity contribution in [3.63, 3.8) is 0 Å². The Morgan fingerprint density at radius 2 is 0.484 bits per heavy atom. The standard InChI is InChI=1S/C76H148O17P2/c1-6-9-12-15-18-21-23-24-25-26-27-28-29-30-31-32-33-37-42-47-52-57-62-76(81)93-72(66-87-74(79)60-55-50-45-40-38-34-36-39-43-48-53-58-69(4)5)68-91-95(84,85)89-64-70(77)63-88-94(82,83)90-67-71(65-86-73(78)59-54-49-44-20-17-14-11-8-3)92-75(80)61-56-51-46-41-35-22-19-16-13-10-7-2/h69-72,77H,6-68H2,1-5H3,(H,82,83)(H,84,85)/t70-,71+,72+/m0/s1. The first kappa shape index (κ1) is 93.1. The van der Waals surface area contributed by atoms with Crippen molar-refractivity contribution in [3.8, 4) is 0 Å². The Bertz CT molecular complexity index is 1820. The van der Waals surface area contributed by atoms with Gasteiger partial charge in [-0.15, -0.1) is 0 Å². The Morgan fingerprint density at radius 3 is 0.716 bits per heavy atom. The van der Waals surface area contributed by atoms with Crippen molar-refractivity contribution < 1.29 is 80.2 Å². The number of rotatable bonds is 76. The second-order valence-corrected chi connectivity index (χ2v) is 30.8. The van der Waals surface area contributed by atoms with Gasteiger partial charge in [-0.25, -0.2) is 9.13 Å². The largest absolute Gasteiger partial charge is 0.472 e. The first-order valence-electron chi connectivity index (χ1n) is 39.6. The van der Waals surface area contributed by atoms with Crippen LogP contribution in [0.3, 0.4) is 0 Å². The minimum Gasteiger partial charge on any atom is -0.462 e. The smallest absolute Gasteiger partial charge is 0.462 e. The number of hydrogen-bond acceptors (Lipinski definition) is 15. The molecule has 0 bridgehead atoms. The molecular formula is C76H148O17P2. The minimum absolute atomic E-state index is 0.107. The van der Waals surface area contributed by atoms with Crippen LogP contribution in [0.4, 0.5) is 0 Å². The predicted octanol–water partition coefficient (Wildman–Crippen LogP) is 22.5. The van der Waals surface area contributed by atoms with Crippen LogP contribution in [0, 0.1) is 5.92 Å². The average Bonchev–Trinajstić information content (AvgIpc) is 1.74. The molecule has 5 atom stereocenters. The number of ether oxygens (including phenoxy) is 4. The second-order valence-electron chi connectivity index (χ2n) is 27.9. The molecule has 0 fully saturated rings. The molecule has 0 aromatic carbocycles. The van der Waals surface area contributed by atoms with Crippen LogP contribution in [0.25, 0.3) is 0 Å². The number of unbranched alkanes of at least 4 members (excludes halogenated alkanes) is 48. The van der Waals surface area contributed by atoms with Gasteiger partial charge in [0, 0.05) is 25.7 Å². The number of phosphoric ester groups is 2. The molecule has 0 heterocycles. The lowest BCUT2D eigenvalue weighted by atomic mass is 10.0. The normalized spacial score (nSPS) is 13.9. The maximum Gasteiger partial charge on any atom is 0.472 e. The molecule has 0 aliphatic carbocycles. The zero-order chi connectivity index (χ0) is 69.8. The number of carbonyl (C=O) groups is 4. The molecule has 2 unspecified atom stereocenters. The second kappa shape index (κ2) is 69.2. The van der Waals surface area contributed by atoms with Gasteiger partial charge in [0.25, 0.3) is 0 Å². The number of aliphatic hydroxyl groups is 1. The monoisotopic (exact) mass is 1400 g/mol. The first-order chi connectivity index (χ1) is 46.0. The molecule has 0 rings (SSSR count). The van der Waals surface area contributed by atoms with Gasteiger partial charge in [-0.3, -0.25) is 37.3 Å². The molecule has 0 saturated heterocycles. The molecule has 0 spiro atoms. The van der Waals surface area contributed by atoms with Gasteiger partial charge in [0.15, 0.2) is 12.2 Å². The van der Waals surface area contributed by atoms with E-state index in [1.54, 1.807) is 0 Å². The van der Waals surface area contributed by atoms with Crippen molar-refractivity contribution in [2.24, 2.45) is 5.92 Å². The van der Waals surface area contributed by atoms with Crippen LogP contribution in [-0.4, -0.2) is 96.7 Å². The van der Waals surface area contributed by atoms with Crippen molar-refractivity contribution in [2.75, 3.05) is 39.6 Å². The van der Waals surface area contributed by atoms with E-state index in [2.05, 4.69) is 34.6 Å². The van der Waals surface area contributed by atoms with E-state index >= 15 is 0 Å². The van der Waals surface area contributed by atoms with Crippen LogP contribution < -0.4 is 0 Å². The van der Waals surface area contributed by atoms with Gasteiger partial charge in [0.2, 0.25) is 0 Å². The van der Waals surface area contributed by atoms with Gasteiger partial charge in [-0.2, -0.15) is 0 Å². The highest BCUT2D eigenvalue weighted by Gasteiger charge is 2.30. The van der Waals surface area contributed by atoms with E-state index in [1.165, 1.54) is 218 Å². The SMILES string of the molecule is CCCCCCCCCCCCCCCCCCCCCCCCC(=O)O[C@H](COC(=O)CCCCCCCCCCCCCC(C)C)COP(=O)(O)OC[C@@H](O)COP(=O)(O)OC[C@@H](COC(=O)CCCCCCCCCC)OC(=O)CCCCCCCCCCCCC. The number of hydrogen-bond donors (Lipinski definition) is 3. The molecule has 19 heteroatoms. The van der Waals surface area contributed by atoms with Crippen molar-refractivity contribution in [1.29, 1.82) is 0 Å². The Morgan fingerprint density at radius 1 is 0.284 bits per heavy atom. The van der Waals surface area contributed by atoms with E-state index in [-0.39, 0.29) is 25.7 Å². The van der Waals surface area contributed by atoms with Crippen LogP contribution in [0.5, 0.6) is 0 Å². The third-order valence-corrected chi connectivity index (χ3v) is 19.7. The molecule has 3 N–H and O–H groups in total. The summed E-state index contributed by atoms with van der Waals surface area (Å²) in [4.78, 5) is 72.7. The van der Waals surface area contributed by atoms with Crippen molar-refractivity contribution >= 4 is 39.5 Å². The van der Waals surface area contributed by atoms with E-state index in [9.17, 15) is 43.2 Å². The lowest BCUT2D eigenvalue weighted by molar-refractivity contribution is -0.161. The van der Waals surface area contributed by atoms with Gasteiger partial charge in [-0.1, -0.05) is 349 Å². The Kier molecular flexibility index (Phi) is 67.7. The molecule has 17 nitrogen and oxygen atoms in total. The zero-order valence-electron chi connectivity index (χ0n) is 61.8. The van der Waals surface area contributed by atoms with Crippen LogP contribution in [-0.2, 0) is 65.4 Å². The maximum absolute atomic E-state index is 13.1. The molecule has 0 aliphatic rings. The van der Waals surface area contributed by atoms with E-state index in [0.717, 1.165) is 102 Å². The van der Waals surface area contributed by atoms with E-state index in [4.69, 9.17) is 37.0 Å². The molecule has 564 valence electrons. The number of carbonyl (C=O) groups excluding carboxylic acids is 4.